The first-order chi connectivity index (χ1) is 9.15. The molecule has 2 N–H and O–H groups in total. The summed E-state index contributed by atoms with van der Waals surface area (Å²) in [6, 6.07) is 3.10. The molecule has 1 amide bonds. The van der Waals surface area contributed by atoms with E-state index in [0.29, 0.717) is 6.54 Å². The van der Waals surface area contributed by atoms with Crippen molar-refractivity contribution in [3.05, 3.63) is 44.8 Å². The van der Waals surface area contributed by atoms with E-state index in [-0.39, 0.29) is 30.4 Å². The van der Waals surface area contributed by atoms with Crippen molar-refractivity contribution in [3.8, 4) is 0 Å². The molecule has 110 valence electrons. The van der Waals surface area contributed by atoms with Crippen LogP contribution in [0.4, 0.5) is 0 Å². The van der Waals surface area contributed by atoms with Crippen LogP contribution in [-0.4, -0.2) is 30.1 Å². The summed E-state index contributed by atoms with van der Waals surface area (Å²) in [4.78, 5) is 23.3. The number of nitrogens with zero attached hydrogens (tertiary/aromatic N) is 1. The van der Waals surface area contributed by atoms with E-state index < -0.39 is 0 Å². The minimum Gasteiger partial charge on any atom is -0.351 e. The maximum atomic E-state index is 11.8. The number of carbonyl (C=O) groups is 1. The van der Waals surface area contributed by atoms with Crippen molar-refractivity contribution < 1.29 is 4.79 Å². The van der Waals surface area contributed by atoms with Gasteiger partial charge in [0.1, 0.15) is 6.54 Å². The highest BCUT2D eigenvalue weighted by Gasteiger charge is 2.07. The molecule has 0 saturated carbocycles. The summed E-state index contributed by atoms with van der Waals surface area (Å²) >= 11 is 3.28. The van der Waals surface area contributed by atoms with Crippen LogP contribution in [0.15, 0.2) is 39.2 Å². The first-order valence-corrected chi connectivity index (χ1v) is 6.96. The number of carbonyl (C=O) groups excluding carboxylic acids is 1. The first kappa shape index (κ1) is 16.9. The Morgan fingerprint density at radius 1 is 1.45 bits per heavy atom. The molecule has 0 fully saturated rings. The maximum Gasteiger partial charge on any atom is 0.251 e. The average molecular weight is 363 g/mol. The van der Waals surface area contributed by atoms with Gasteiger partial charge in [-0.05, 0) is 35.0 Å². The molecule has 0 aliphatic carbocycles. The summed E-state index contributed by atoms with van der Waals surface area (Å²) in [5.41, 5.74) is 1.05. The molecule has 1 aromatic heterocycles. The van der Waals surface area contributed by atoms with Crippen molar-refractivity contribution >= 4 is 34.2 Å². The summed E-state index contributed by atoms with van der Waals surface area (Å²) < 4.78 is 2.16. The predicted octanol–water partition coefficient (Wildman–Crippen LogP) is 1.07. The van der Waals surface area contributed by atoms with E-state index in [1.807, 2.05) is 0 Å². The Morgan fingerprint density at radius 3 is 2.95 bits per heavy atom. The smallest absolute Gasteiger partial charge is 0.251 e. The summed E-state index contributed by atoms with van der Waals surface area (Å²) in [5, 5.41) is 6.05. The fourth-order valence-electron chi connectivity index (χ4n) is 1.88. The summed E-state index contributed by atoms with van der Waals surface area (Å²) in [6.45, 7) is 2.41. The molecule has 2 heterocycles. The molecule has 0 aromatic carbocycles. The molecular weight excluding hydrogens is 346 g/mol. The van der Waals surface area contributed by atoms with Crippen LogP contribution >= 0.6 is 28.3 Å². The molecule has 5 nitrogen and oxygen atoms in total. The standard InChI is InChI=1S/C13H16BrN3O2.ClH/c14-11-1-2-13(19)17(8-11)9-12(18)16-7-10-3-5-15-6-4-10;/h1-3,8,15H,4-7,9H2,(H,16,18);1H. The molecular formula is C13H17BrClN3O2. The lowest BCUT2D eigenvalue weighted by Gasteiger charge is -2.14. The van der Waals surface area contributed by atoms with Gasteiger partial charge in [0.25, 0.3) is 5.56 Å². The van der Waals surface area contributed by atoms with Gasteiger partial charge in [-0.3, -0.25) is 9.59 Å². The monoisotopic (exact) mass is 361 g/mol. The van der Waals surface area contributed by atoms with E-state index in [1.54, 1.807) is 12.3 Å². The highest BCUT2D eigenvalue weighted by molar-refractivity contribution is 9.10. The van der Waals surface area contributed by atoms with E-state index in [1.165, 1.54) is 16.2 Å². The van der Waals surface area contributed by atoms with Crippen molar-refractivity contribution in [2.45, 2.75) is 13.0 Å². The van der Waals surface area contributed by atoms with Gasteiger partial charge in [0, 0.05) is 29.8 Å². The van der Waals surface area contributed by atoms with Crippen LogP contribution in [0.5, 0.6) is 0 Å². The quantitative estimate of drug-likeness (QED) is 0.788. The summed E-state index contributed by atoms with van der Waals surface area (Å²) in [5.74, 6) is -0.153. The fourth-order valence-corrected chi connectivity index (χ4v) is 2.26. The Bertz CT molecular complexity index is 557. The van der Waals surface area contributed by atoms with Gasteiger partial charge < -0.3 is 15.2 Å². The third-order valence-electron chi connectivity index (χ3n) is 2.93. The Balaban J connectivity index is 0.00000200. The maximum absolute atomic E-state index is 11.8. The number of hydrogen-bond acceptors (Lipinski definition) is 3. The van der Waals surface area contributed by atoms with Crippen molar-refractivity contribution in [2.24, 2.45) is 0 Å². The van der Waals surface area contributed by atoms with Gasteiger partial charge >= 0.3 is 0 Å². The molecule has 7 heteroatoms. The molecule has 1 aliphatic heterocycles. The molecule has 0 spiro atoms. The Labute approximate surface area is 132 Å². The van der Waals surface area contributed by atoms with Crippen LogP contribution in [0.3, 0.4) is 0 Å². The van der Waals surface area contributed by atoms with Gasteiger partial charge in [-0.15, -0.1) is 12.4 Å². The summed E-state index contributed by atoms with van der Waals surface area (Å²) in [6.07, 6.45) is 4.66. The van der Waals surface area contributed by atoms with E-state index >= 15 is 0 Å². The SMILES string of the molecule is Cl.O=C(Cn1cc(Br)ccc1=O)NCC1=CCNCC1. The van der Waals surface area contributed by atoms with Gasteiger partial charge in [-0.2, -0.15) is 0 Å². The van der Waals surface area contributed by atoms with Crippen LogP contribution in [0, 0.1) is 0 Å². The Kier molecular flexibility index (Phi) is 6.98. The molecule has 0 saturated heterocycles. The number of amides is 1. The number of nitrogens with one attached hydrogen (secondary N) is 2. The number of halogens is 2. The van der Waals surface area contributed by atoms with Gasteiger partial charge in [0.05, 0.1) is 0 Å². The van der Waals surface area contributed by atoms with E-state index in [0.717, 1.165) is 24.0 Å². The number of rotatable bonds is 4. The molecule has 2 rings (SSSR count). The third kappa shape index (κ3) is 5.11. The van der Waals surface area contributed by atoms with Crippen LogP contribution < -0.4 is 16.2 Å². The van der Waals surface area contributed by atoms with Gasteiger partial charge in [0.2, 0.25) is 5.91 Å². The molecule has 1 aromatic rings. The lowest BCUT2D eigenvalue weighted by atomic mass is 10.1. The second-order valence-corrected chi connectivity index (χ2v) is 5.32. The lowest BCUT2D eigenvalue weighted by molar-refractivity contribution is -0.121. The number of aromatic nitrogens is 1. The van der Waals surface area contributed by atoms with Crippen molar-refractivity contribution in [2.75, 3.05) is 19.6 Å². The topological polar surface area (TPSA) is 63.1 Å². The first-order valence-electron chi connectivity index (χ1n) is 6.16. The van der Waals surface area contributed by atoms with Crippen LogP contribution in [0.2, 0.25) is 0 Å². The fraction of sp³-hybridized carbons (Fsp3) is 0.385. The zero-order valence-corrected chi connectivity index (χ0v) is 13.3. The zero-order chi connectivity index (χ0) is 13.7. The largest absolute Gasteiger partial charge is 0.351 e. The Hall–Kier alpha value is -1.11. The van der Waals surface area contributed by atoms with Crippen LogP contribution in [0.25, 0.3) is 0 Å². The lowest BCUT2D eigenvalue weighted by Crippen LogP contribution is -2.34. The second kappa shape index (κ2) is 8.24. The minimum atomic E-state index is -0.181. The normalized spacial score (nSPS) is 14.2. The summed E-state index contributed by atoms with van der Waals surface area (Å²) in [7, 11) is 0. The van der Waals surface area contributed by atoms with E-state index in [9.17, 15) is 9.59 Å². The van der Waals surface area contributed by atoms with Gasteiger partial charge in [0.15, 0.2) is 0 Å². The van der Waals surface area contributed by atoms with Crippen molar-refractivity contribution in [1.82, 2.24) is 15.2 Å². The van der Waals surface area contributed by atoms with Gasteiger partial charge in [-0.25, -0.2) is 0 Å². The highest BCUT2D eigenvalue weighted by Crippen LogP contribution is 2.05. The molecule has 0 radical (unpaired) electrons. The second-order valence-electron chi connectivity index (χ2n) is 4.41. The Morgan fingerprint density at radius 2 is 2.25 bits per heavy atom. The number of pyridine rings is 1. The number of hydrogen-bond donors (Lipinski definition) is 2. The minimum absolute atomic E-state index is 0. The molecule has 0 unspecified atom stereocenters. The van der Waals surface area contributed by atoms with Crippen molar-refractivity contribution in [1.29, 1.82) is 0 Å². The molecule has 0 atom stereocenters. The third-order valence-corrected chi connectivity index (χ3v) is 3.40. The molecule has 1 aliphatic rings. The van der Waals surface area contributed by atoms with E-state index in [2.05, 4.69) is 32.6 Å². The highest BCUT2D eigenvalue weighted by atomic mass is 79.9. The van der Waals surface area contributed by atoms with E-state index in [4.69, 9.17) is 0 Å². The average Bonchev–Trinajstić information content (AvgIpc) is 2.42. The van der Waals surface area contributed by atoms with Crippen molar-refractivity contribution in [3.63, 3.8) is 0 Å². The molecule has 0 bridgehead atoms. The zero-order valence-electron chi connectivity index (χ0n) is 10.9. The van der Waals surface area contributed by atoms with Crippen LogP contribution in [-0.2, 0) is 11.3 Å². The molecule has 20 heavy (non-hydrogen) atoms. The predicted molar refractivity (Wildman–Crippen MR) is 84.2 cm³/mol. The van der Waals surface area contributed by atoms with Gasteiger partial charge in [-0.1, -0.05) is 11.6 Å². The van der Waals surface area contributed by atoms with Crippen LogP contribution in [0.1, 0.15) is 6.42 Å².